The second-order valence-corrected chi connectivity index (χ2v) is 5.95. The van der Waals surface area contributed by atoms with E-state index < -0.39 is 0 Å². The molecule has 2 N–H and O–H groups in total. The molecule has 2 amide bonds. The Morgan fingerprint density at radius 1 is 0.885 bits per heavy atom. The van der Waals surface area contributed by atoms with Crippen molar-refractivity contribution in [3.8, 4) is 11.3 Å². The van der Waals surface area contributed by atoms with Crippen LogP contribution in [-0.2, 0) is 13.0 Å². The molecule has 26 heavy (non-hydrogen) atoms. The topological polar surface area (TPSA) is 66.9 Å². The van der Waals surface area contributed by atoms with Gasteiger partial charge in [-0.25, -0.2) is 4.79 Å². The number of aromatic nitrogens is 2. The number of nitrogens with zero attached hydrogens (tertiary/aromatic N) is 2. The molecule has 0 aliphatic heterocycles. The normalized spacial score (nSPS) is 10.3. The molecular weight excluding hydrogens is 324 g/mol. The molecule has 0 saturated carbocycles. The SMILES string of the molecule is O=C(NCCCc1ccccc1)NCc1cccnc1-c1ccncc1. The molecule has 2 aromatic heterocycles. The quantitative estimate of drug-likeness (QED) is 0.643. The number of pyridine rings is 2. The summed E-state index contributed by atoms with van der Waals surface area (Å²) in [5.41, 5.74) is 4.10. The van der Waals surface area contributed by atoms with Crippen molar-refractivity contribution in [3.05, 3.63) is 84.3 Å². The van der Waals surface area contributed by atoms with Crippen molar-refractivity contribution in [2.45, 2.75) is 19.4 Å². The first-order valence-electron chi connectivity index (χ1n) is 8.73. The first-order chi connectivity index (χ1) is 12.8. The van der Waals surface area contributed by atoms with Gasteiger partial charge >= 0.3 is 6.03 Å². The maximum Gasteiger partial charge on any atom is 0.315 e. The fourth-order valence-corrected chi connectivity index (χ4v) is 2.73. The number of hydrogen-bond donors (Lipinski definition) is 2. The molecule has 0 aliphatic carbocycles. The largest absolute Gasteiger partial charge is 0.338 e. The summed E-state index contributed by atoms with van der Waals surface area (Å²) in [4.78, 5) is 20.5. The molecule has 2 heterocycles. The molecule has 0 bridgehead atoms. The number of benzene rings is 1. The minimum Gasteiger partial charge on any atom is -0.338 e. The zero-order valence-corrected chi connectivity index (χ0v) is 14.6. The predicted octanol–water partition coefficient (Wildman–Crippen LogP) is 3.58. The summed E-state index contributed by atoms with van der Waals surface area (Å²) < 4.78 is 0. The third-order valence-corrected chi connectivity index (χ3v) is 4.06. The van der Waals surface area contributed by atoms with E-state index >= 15 is 0 Å². The molecule has 0 spiro atoms. The third kappa shape index (κ3) is 5.14. The van der Waals surface area contributed by atoms with Gasteiger partial charge in [0.15, 0.2) is 0 Å². The van der Waals surface area contributed by atoms with Crippen molar-refractivity contribution in [1.82, 2.24) is 20.6 Å². The van der Waals surface area contributed by atoms with E-state index in [4.69, 9.17) is 0 Å². The van der Waals surface area contributed by atoms with Gasteiger partial charge in [0.05, 0.1) is 5.69 Å². The highest BCUT2D eigenvalue weighted by Crippen LogP contribution is 2.19. The van der Waals surface area contributed by atoms with Crippen LogP contribution in [0.15, 0.2) is 73.2 Å². The van der Waals surface area contributed by atoms with Crippen LogP contribution in [0.2, 0.25) is 0 Å². The van der Waals surface area contributed by atoms with Crippen LogP contribution in [0, 0.1) is 0 Å². The van der Waals surface area contributed by atoms with Crippen LogP contribution in [0.25, 0.3) is 11.3 Å². The number of nitrogens with one attached hydrogen (secondary N) is 2. The second-order valence-electron chi connectivity index (χ2n) is 5.95. The van der Waals surface area contributed by atoms with Crippen LogP contribution in [0.3, 0.4) is 0 Å². The van der Waals surface area contributed by atoms with Crippen molar-refractivity contribution in [3.63, 3.8) is 0 Å². The lowest BCUT2D eigenvalue weighted by Gasteiger charge is -2.11. The molecule has 0 aliphatic rings. The summed E-state index contributed by atoms with van der Waals surface area (Å²) in [7, 11) is 0. The molecule has 5 heteroatoms. The fourth-order valence-electron chi connectivity index (χ4n) is 2.73. The fraction of sp³-hybridized carbons (Fsp3) is 0.190. The van der Waals surface area contributed by atoms with E-state index in [0.29, 0.717) is 13.1 Å². The van der Waals surface area contributed by atoms with Gasteiger partial charge in [0.1, 0.15) is 0 Å². The van der Waals surface area contributed by atoms with Crippen LogP contribution in [0.1, 0.15) is 17.5 Å². The van der Waals surface area contributed by atoms with Crippen LogP contribution in [0.4, 0.5) is 4.79 Å². The third-order valence-electron chi connectivity index (χ3n) is 4.06. The van der Waals surface area contributed by atoms with Gasteiger partial charge in [-0.2, -0.15) is 0 Å². The maximum atomic E-state index is 12.0. The highest BCUT2D eigenvalue weighted by molar-refractivity contribution is 5.74. The molecule has 0 radical (unpaired) electrons. The van der Waals surface area contributed by atoms with Crippen LogP contribution in [0.5, 0.6) is 0 Å². The summed E-state index contributed by atoms with van der Waals surface area (Å²) in [5.74, 6) is 0. The smallest absolute Gasteiger partial charge is 0.315 e. The number of amides is 2. The monoisotopic (exact) mass is 346 g/mol. The first kappa shape index (κ1) is 17.6. The highest BCUT2D eigenvalue weighted by Gasteiger charge is 2.07. The molecule has 0 atom stereocenters. The van der Waals surface area contributed by atoms with Gasteiger partial charge in [-0.1, -0.05) is 36.4 Å². The molecule has 0 saturated heterocycles. The molecule has 3 aromatic rings. The second kappa shape index (κ2) is 9.32. The lowest BCUT2D eigenvalue weighted by molar-refractivity contribution is 0.240. The first-order valence-corrected chi connectivity index (χ1v) is 8.73. The lowest BCUT2D eigenvalue weighted by Crippen LogP contribution is -2.35. The van der Waals surface area contributed by atoms with Crippen molar-refractivity contribution < 1.29 is 4.79 Å². The molecule has 3 rings (SSSR count). The van der Waals surface area contributed by atoms with Crippen LogP contribution >= 0.6 is 0 Å². The van der Waals surface area contributed by atoms with Gasteiger partial charge < -0.3 is 10.6 Å². The van der Waals surface area contributed by atoms with E-state index in [1.165, 1.54) is 5.56 Å². The van der Waals surface area contributed by atoms with Crippen LogP contribution < -0.4 is 10.6 Å². The average Bonchev–Trinajstić information content (AvgIpc) is 2.71. The lowest BCUT2D eigenvalue weighted by atomic mass is 10.1. The molecule has 5 nitrogen and oxygen atoms in total. The number of carbonyl (C=O) groups excluding carboxylic acids is 1. The van der Waals surface area contributed by atoms with Gasteiger partial charge in [0.2, 0.25) is 0 Å². The van der Waals surface area contributed by atoms with E-state index in [0.717, 1.165) is 29.7 Å². The maximum absolute atomic E-state index is 12.0. The van der Waals surface area contributed by atoms with Crippen LogP contribution in [-0.4, -0.2) is 22.5 Å². The predicted molar refractivity (Wildman–Crippen MR) is 102 cm³/mol. The molecule has 1 aromatic carbocycles. The Labute approximate surface area is 153 Å². The van der Waals surface area contributed by atoms with Gasteiger partial charge in [-0.15, -0.1) is 0 Å². The highest BCUT2D eigenvalue weighted by atomic mass is 16.2. The molecule has 0 fully saturated rings. The Hall–Kier alpha value is -3.21. The number of carbonyl (C=O) groups is 1. The Bertz CT molecular complexity index is 822. The van der Waals surface area contributed by atoms with E-state index in [9.17, 15) is 4.79 Å². The van der Waals surface area contributed by atoms with Gasteiger partial charge in [0, 0.05) is 37.2 Å². The average molecular weight is 346 g/mol. The molecular formula is C21H22N4O. The van der Waals surface area contributed by atoms with E-state index in [-0.39, 0.29) is 6.03 Å². The number of hydrogen-bond acceptors (Lipinski definition) is 3. The van der Waals surface area contributed by atoms with Gasteiger partial charge in [0.25, 0.3) is 0 Å². The number of urea groups is 1. The van der Waals surface area contributed by atoms with Gasteiger partial charge in [-0.3, -0.25) is 9.97 Å². The van der Waals surface area contributed by atoms with E-state index in [1.807, 2.05) is 42.5 Å². The summed E-state index contributed by atoms with van der Waals surface area (Å²) in [5, 5.41) is 5.80. The summed E-state index contributed by atoms with van der Waals surface area (Å²) >= 11 is 0. The summed E-state index contributed by atoms with van der Waals surface area (Å²) in [6.45, 7) is 1.07. The Balaban J connectivity index is 1.46. The van der Waals surface area contributed by atoms with E-state index in [2.05, 4.69) is 32.7 Å². The molecule has 0 unspecified atom stereocenters. The Morgan fingerprint density at radius 3 is 2.50 bits per heavy atom. The minimum atomic E-state index is -0.164. The Kier molecular flexibility index (Phi) is 6.31. The Morgan fingerprint density at radius 2 is 1.69 bits per heavy atom. The van der Waals surface area contributed by atoms with Crippen molar-refractivity contribution in [2.24, 2.45) is 0 Å². The summed E-state index contributed by atoms with van der Waals surface area (Å²) in [6.07, 6.45) is 7.09. The van der Waals surface area contributed by atoms with Crippen molar-refractivity contribution in [1.29, 1.82) is 0 Å². The standard InChI is InChI=1S/C21H22N4O/c26-21(24-13-4-8-17-6-2-1-3-7-17)25-16-19-9-5-12-23-20(19)18-10-14-22-15-11-18/h1-3,5-7,9-12,14-15H,4,8,13,16H2,(H2,24,25,26). The van der Waals surface area contributed by atoms with Crippen molar-refractivity contribution in [2.75, 3.05) is 6.54 Å². The zero-order chi connectivity index (χ0) is 18.0. The number of rotatable bonds is 7. The minimum absolute atomic E-state index is 0.164. The van der Waals surface area contributed by atoms with E-state index in [1.54, 1.807) is 18.6 Å². The zero-order valence-electron chi connectivity index (χ0n) is 14.6. The van der Waals surface area contributed by atoms with Gasteiger partial charge in [-0.05, 0) is 42.2 Å². The summed E-state index contributed by atoms with van der Waals surface area (Å²) in [6, 6.07) is 17.8. The van der Waals surface area contributed by atoms with Crippen molar-refractivity contribution >= 4 is 6.03 Å². The molecule has 132 valence electrons. The number of aryl methyl sites for hydroxylation is 1.